The minimum atomic E-state index is -4.91. The molecule has 0 aliphatic heterocycles. The third kappa shape index (κ3) is 3.49. The molecule has 0 aromatic heterocycles. The molecule has 0 aliphatic rings. The first-order valence-electron chi connectivity index (χ1n) is 5.84. The van der Waals surface area contributed by atoms with Crippen molar-refractivity contribution in [1.82, 2.24) is 0 Å². The second-order valence-electron chi connectivity index (χ2n) is 4.21. The van der Waals surface area contributed by atoms with Crippen molar-refractivity contribution in [3.8, 4) is 5.75 Å². The molecule has 2 nitrogen and oxygen atoms in total. The Kier molecular flexibility index (Phi) is 4.13. The van der Waals surface area contributed by atoms with Crippen LogP contribution in [0.1, 0.15) is 17.2 Å². The van der Waals surface area contributed by atoms with Crippen molar-refractivity contribution in [2.45, 2.75) is 12.4 Å². The van der Waals surface area contributed by atoms with Gasteiger partial charge in [0.15, 0.2) is 11.6 Å². The zero-order valence-electron chi connectivity index (χ0n) is 10.5. The Morgan fingerprint density at radius 1 is 0.905 bits per heavy atom. The highest BCUT2D eigenvalue weighted by Crippen LogP contribution is 2.33. The molecule has 2 rings (SSSR count). The Bertz CT molecular complexity index is 642. The molecule has 0 spiro atoms. The smallest absolute Gasteiger partial charge is 0.405 e. The lowest BCUT2D eigenvalue weighted by atomic mass is 9.98. The van der Waals surface area contributed by atoms with Gasteiger partial charge in [-0.3, -0.25) is 0 Å². The van der Waals surface area contributed by atoms with E-state index < -0.39 is 29.8 Å². The molecule has 0 radical (unpaired) electrons. The van der Waals surface area contributed by atoms with Gasteiger partial charge in [-0.2, -0.15) is 0 Å². The topological polar surface area (TPSA) is 35.2 Å². The molecule has 1 atom stereocenters. The number of ether oxygens (including phenoxy) is 1. The number of para-hydroxylation sites is 1. The van der Waals surface area contributed by atoms with Crippen LogP contribution in [0.3, 0.4) is 0 Å². The maximum Gasteiger partial charge on any atom is 0.573 e. The number of nitrogens with two attached hydrogens (primary N) is 1. The molecule has 0 bridgehead atoms. The molecule has 21 heavy (non-hydrogen) atoms. The van der Waals surface area contributed by atoms with E-state index in [9.17, 15) is 22.0 Å². The zero-order valence-corrected chi connectivity index (χ0v) is 10.5. The fourth-order valence-electron chi connectivity index (χ4n) is 1.88. The third-order valence-electron chi connectivity index (χ3n) is 2.80. The maximum absolute atomic E-state index is 13.7. The van der Waals surface area contributed by atoms with Crippen molar-refractivity contribution in [2.75, 3.05) is 0 Å². The molecule has 2 N–H and O–H groups in total. The molecule has 0 saturated carbocycles. The fraction of sp³-hybridized carbons (Fsp3) is 0.143. The van der Waals surface area contributed by atoms with Crippen molar-refractivity contribution in [2.24, 2.45) is 5.73 Å². The SMILES string of the molecule is NC(c1ccccc1OC(F)(F)F)c1cccc(F)c1F. The van der Waals surface area contributed by atoms with Crippen LogP contribution in [0.5, 0.6) is 5.75 Å². The van der Waals surface area contributed by atoms with E-state index in [0.717, 1.165) is 12.1 Å². The largest absolute Gasteiger partial charge is 0.573 e. The Balaban J connectivity index is 2.44. The summed E-state index contributed by atoms with van der Waals surface area (Å²) in [6.45, 7) is 0. The first-order chi connectivity index (χ1) is 9.79. The lowest BCUT2D eigenvalue weighted by Gasteiger charge is -2.18. The number of halogens is 5. The van der Waals surface area contributed by atoms with Gasteiger partial charge in [0, 0.05) is 11.1 Å². The van der Waals surface area contributed by atoms with E-state index in [4.69, 9.17) is 5.73 Å². The van der Waals surface area contributed by atoms with Crippen LogP contribution >= 0.6 is 0 Å². The van der Waals surface area contributed by atoms with Crippen LogP contribution in [0.4, 0.5) is 22.0 Å². The predicted octanol–water partition coefficient (Wildman–Crippen LogP) is 3.91. The Hall–Kier alpha value is -2.15. The summed E-state index contributed by atoms with van der Waals surface area (Å²) in [5.41, 5.74) is 5.40. The molecule has 1 unspecified atom stereocenters. The highest BCUT2D eigenvalue weighted by molar-refractivity contribution is 5.41. The van der Waals surface area contributed by atoms with Crippen LogP contribution in [-0.4, -0.2) is 6.36 Å². The van der Waals surface area contributed by atoms with E-state index in [-0.39, 0.29) is 11.1 Å². The molecule has 0 fully saturated rings. The number of hydrogen-bond acceptors (Lipinski definition) is 2. The van der Waals surface area contributed by atoms with E-state index >= 15 is 0 Å². The van der Waals surface area contributed by atoms with Crippen molar-refractivity contribution >= 4 is 0 Å². The summed E-state index contributed by atoms with van der Waals surface area (Å²) in [5, 5.41) is 0. The minimum Gasteiger partial charge on any atom is -0.405 e. The van der Waals surface area contributed by atoms with Gasteiger partial charge in [-0.25, -0.2) is 8.78 Å². The summed E-state index contributed by atoms with van der Waals surface area (Å²) in [7, 11) is 0. The molecule has 2 aromatic rings. The monoisotopic (exact) mass is 303 g/mol. The molecule has 112 valence electrons. The third-order valence-corrected chi connectivity index (χ3v) is 2.80. The fourth-order valence-corrected chi connectivity index (χ4v) is 1.88. The van der Waals surface area contributed by atoms with Crippen molar-refractivity contribution in [1.29, 1.82) is 0 Å². The highest BCUT2D eigenvalue weighted by atomic mass is 19.4. The highest BCUT2D eigenvalue weighted by Gasteiger charge is 2.33. The predicted molar refractivity (Wildman–Crippen MR) is 65.5 cm³/mol. The van der Waals surface area contributed by atoms with Crippen molar-refractivity contribution < 1.29 is 26.7 Å². The molecule has 0 heterocycles. The number of rotatable bonds is 3. The molecule has 0 amide bonds. The summed E-state index contributed by atoms with van der Waals surface area (Å²) >= 11 is 0. The number of hydrogen-bond donors (Lipinski definition) is 1. The second-order valence-corrected chi connectivity index (χ2v) is 4.21. The Labute approximate surface area is 116 Å². The van der Waals surface area contributed by atoms with E-state index in [0.29, 0.717) is 0 Å². The van der Waals surface area contributed by atoms with Crippen LogP contribution in [0.2, 0.25) is 0 Å². The molecular weight excluding hydrogens is 293 g/mol. The van der Waals surface area contributed by atoms with Gasteiger partial charge in [0.1, 0.15) is 5.75 Å². The van der Waals surface area contributed by atoms with Gasteiger partial charge in [-0.1, -0.05) is 30.3 Å². The lowest BCUT2D eigenvalue weighted by Crippen LogP contribution is -2.21. The summed E-state index contributed by atoms with van der Waals surface area (Å²) in [4.78, 5) is 0. The average Bonchev–Trinajstić information content (AvgIpc) is 2.40. The van der Waals surface area contributed by atoms with Gasteiger partial charge in [0.2, 0.25) is 0 Å². The van der Waals surface area contributed by atoms with Gasteiger partial charge in [0.05, 0.1) is 6.04 Å². The Morgan fingerprint density at radius 3 is 2.19 bits per heavy atom. The zero-order chi connectivity index (χ0) is 15.6. The van der Waals surface area contributed by atoms with Crippen LogP contribution in [0, 0.1) is 11.6 Å². The molecule has 0 aliphatic carbocycles. The first kappa shape index (κ1) is 15.2. The second kappa shape index (κ2) is 5.69. The maximum atomic E-state index is 13.7. The van der Waals surface area contributed by atoms with Gasteiger partial charge < -0.3 is 10.5 Å². The van der Waals surface area contributed by atoms with Crippen LogP contribution < -0.4 is 10.5 Å². The van der Waals surface area contributed by atoms with Crippen LogP contribution in [0.15, 0.2) is 42.5 Å². The molecule has 2 aromatic carbocycles. The average molecular weight is 303 g/mol. The van der Waals surface area contributed by atoms with Crippen LogP contribution in [0.25, 0.3) is 0 Å². The van der Waals surface area contributed by atoms with Gasteiger partial charge >= 0.3 is 6.36 Å². The van der Waals surface area contributed by atoms with Gasteiger partial charge in [-0.05, 0) is 12.1 Å². The summed E-state index contributed by atoms with van der Waals surface area (Å²) in [6.07, 6.45) is -4.91. The summed E-state index contributed by atoms with van der Waals surface area (Å²) < 4.78 is 67.7. The van der Waals surface area contributed by atoms with E-state index in [1.54, 1.807) is 0 Å². The van der Waals surface area contributed by atoms with Crippen molar-refractivity contribution in [3.05, 3.63) is 65.2 Å². The lowest BCUT2D eigenvalue weighted by molar-refractivity contribution is -0.274. The molecule has 0 saturated heterocycles. The molecular formula is C14H10F5NO. The van der Waals surface area contributed by atoms with E-state index in [1.807, 2.05) is 0 Å². The Morgan fingerprint density at radius 2 is 1.52 bits per heavy atom. The molecule has 7 heteroatoms. The quantitative estimate of drug-likeness (QED) is 0.873. The first-order valence-corrected chi connectivity index (χ1v) is 5.84. The van der Waals surface area contributed by atoms with E-state index in [2.05, 4.69) is 4.74 Å². The van der Waals surface area contributed by atoms with Crippen LogP contribution in [-0.2, 0) is 0 Å². The van der Waals surface area contributed by atoms with Crippen molar-refractivity contribution in [3.63, 3.8) is 0 Å². The number of benzene rings is 2. The summed E-state index contributed by atoms with van der Waals surface area (Å²) in [6, 6.07) is 7.09. The minimum absolute atomic E-state index is 0.0978. The van der Waals surface area contributed by atoms with Gasteiger partial charge in [-0.15, -0.1) is 13.2 Å². The standard InChI is InChI=1S/C14H10F5NO/c15-10-6-3-5-9(12(10)16)13(20)8-4-1-2-7-11(8)21-14(17,18)19/h1-7,13H,20H2. The normalized spacial score (nSPS) is 13.0. The van der Waals surface area contributed by atoms with E-state index in [1.165, 1.54) is 30.3 Å². The summed E-state index contributed by atoms with van der Waals surface area (Å²) in [5.74, 6) is -2.88. The number of alkyl halides is 3. The van der Waals surface area contributed by atoms with Gasteiger partial charge in [0.25, 0.3) is 0 Å².